The molecule has 0 saturated heterocycles. The third-order valence-corrected chi connectivity index (χ3v) is 3.64. The molecule has 18 heavy (non-hydrogen) atoms. The average Bonchev–Trinajstić information content (AvgIpc) is 2.85. The number of aryl methyl sites for hydroxylation is 2. The molecule has 0 saturated carbocycles. The summed E-state index contributed by atoms with van der Waals surface area (Å²) in [7, 11) is 0. The highest BCUT2D eigenvalue weighted by molar-refractivity contribution is 6.30. The maximum absolute atomic E-state index is 5.99. The third kappa shape index (κ3) is 2.34. The first-order valence-electron chi connectivity index (χ1n) is 6.17. The minimum Gasteiger partial charge on any atom is -0.489 e. The number of hydrogen-bond acceptors (Lipinski definition) is 2. The van der Waals surface area contributed by atoms with Crippen LogP contribution in [0.2, 0.25) is 5.15 Å². The molecule has 3 rings (SSSR count). The van der Waals surface area contributed by atoms with Crippen LogP contribution in [0, 0.1) is 0 Å². The van der Waals surface area contributed by atoms with Crippen molar-refractivity contribution in [1.82, 2.24) is 4.98 Å². The van der Waals surface area contributed by atoms with Crippen molar-refractivity contribution in [2.45, 2.75) is 25.9 Å². The molecule has 2 nitrogen and oxygen atoms in total. The van der Waals surface area contributed by atoms with E-state index in [1.165, 1.54) is 30.4 Å². The zero-order valence-corrected chi connectivity index (χ0v) is 10.8. The summed E-state index contributed by atoms with van der Waals surface area (Å²) in [6, 6.07) is 10.2. The van der Waals surface area contributed by atoms with Gasteiger partial charge in [0.25, 0.3) is 0 Å². The summed E-state index contributed by atoms with van der Waals surface area (Å²) < 4.78 is 5.77. The molecule has 0 fully saturated rings. The molecule has 92 valence electrons. The van der Waals surface area contributed by atoms with Crippen molar-refractivity contribution in [1.29, 1.82) is 0 Å². The van der Waals surface area contributed by atoms with Gasteiger partial charge >= 0.3 is 0 Å². The predicted molar refractivity (Wildman–Crippen MR) is 72.0 cm³/mol. The number of aromatic nitrogens is 1. The molecule has 1 heterocycles. The topological polar surface area (TPSA) is 22.1 Å². The first kappa shape index (κ1) is 11.5. The average molecular weight is 260 g/mol. The fourth-order valence-corrected chi connectivity index (χ4v) is 2.50. The van der Waals surface area contributed by atoms with Crippen LogP contribution in [-0.2, 0) is 19.4 Å². The Hall–Kier alpha value is -1.54. The Balaban J connectivity index is 1.72. The Morgan fingerprint density at radius 3 is 2.94 bits per heavy atom. The van der Waals surface area contributed by atoms with E-state index in [1.807, 2.05) is 18.2 Å². The zero-order valence-electron chi connectivity index (χ0n) is 10.0. The van der Waals surface area contributed by atoms with E-state index in [9.17, 15) is 0 Å². The molecule has 1 aliphatic carbocycles. The summed E-state index contributed by atoms with van der Waals surface area (Å²) in [4.78, 5) is 4.03. The number of halogens is 1. The van der Waals surface area contributed by atoms with Crippen molar-refractivity contribution in [2.24, 2.45) is 0 Å². The van der Waals surface area contributed by atoms with Crippen molar-refractivity contribution >= 4 is 11.6 Å². The van der Waals surface area contributed by atoms with Gasteiger partial charge in [-0.3, -0.25) is 0 Å². The second-order valence-electron chi connectivity index (χ2n) is 4.53. The molecule has 0 aliphatic heterocycles. The summed E-state index contributed by atoms with van der Waals surface area (Å²) in [5.74, 6) is 0.913. The van der Waals surface area contributed by atoms with Gasteiger partial charge in [0.2, 0.25) is 0 Å². The highest BCUT2D eigenvalue weighted by Crippen LogP contribution is 2.26. The fourth-order valence-electron chi connectivity index (χ4n) is 2.33. The fraction of sp³-hybridized carbons (Fsp3) is 0.267. The van der Waals surface area contributed by atoms with Crippen LogP contribution in [0.25, 0.3) is 0 Å². The highest BCUT2D eigenvalue weighted by atomic mass is 35.5. The monoisotopic (exact) mass is 259 g/mol. The van der Waals surface area contributed by atoms with Crippen molar-refractivity contribution < 1.29 is 4.74 Å². The van der Waals surface area contributed by atoms with E-state index in [0.717, 1.165) is 11.3 Å². The van der Waals surface area contributed by atoms with Gasteiger partial charge < -0.3 is 4.74 Å². The number of nitrogens with zero attached hydrogens (tertiary/aromatic N) is 1. The van der Waals surface area contributed by atoms with Crippen molar-refractivity contribution in [2.75, 3.05) is 0 Å². The molecule has 0 atom stereocenters. The number of hydrogen-bond donors (Lipinski definition) is 0. The van der Waals surface area contributed by atoms with Crippen LogP contribution in [0.15, 0.2) is 36.5 Å². The van der Waals surface area contributed by atoms with Crippen molar-refractivity contribution in [3.8, 4) is 5.75 Å². The van der Waals surface area contributed by atoms with E-state index >= 15 is 0 Å². The first-order chi connectivity index (χ1) is 8.83. The largest absolute Gasteiger partial charge is 0.489 e. The molecule has 1 aromatic heterocycles. The van der Waals surface area contributed by atoms with Crippen LogP contribution in [0.3, 0.4) is 0 Å². The van der Waals surface area contributed by atoms with E-state index in [0.29, 0.717) is 11.8 Å². The second-order valence-corrected chi connectivity index (χ2v) is 4.88. The van der Waals surface area contributed by atoms with Crippen molar-refractivity contribution in [3.05, 3.63) is 58.4 Å². The van der Waals surface area contributed by atoms with E-state index in [4.69, 9.17) is 16.3 Å². The molecule has 0 N–H and O–H groups in total. The van der Waals surface area contributed by atoms with E-state index in [2.05, 4.69) is 17.1 Å². The van der Waals surface area contributed by atoms with E-state index in [1.54, 1.807) is 6.20 Å². The van der Waals surface area contributed by atoms with Gasteiger partial charge in [-0.1, -0.05) is 23.7 Å². The molecule has 3 heteroatoms. The SMILES string of the molecule is Clc1ncccc1COc1ccc2c(c1)CCC2. The molecular weight excluding hydrogens is 246 g/mol. The predicted octanol–water partition coefficient (Wildman–Crippen LogP) is 3.80. The molecule has 1 aliphatic rings. The Kier molecular flexibility index (Phi) is 3.20. The Bertz CT molecular complexity index is 568. The smallest absolute Gasteiger partial charge is 0.135 e. The van der Waals surface area contributed by atoms with Gasteiger partial charge in [0.1, 0.15) is 17.5 Å². The van der Waals surface area contributed by atoms with Gasteiger partial charge in [-0.15, -0.1) is 0 Å². The highest BCUT2D eigenvalue weighted by Gasteiger charge is 2.11. The lowest BCUT2D eigenvalue weighted by Gasteiger charge is -2.08. The van der Waals surface area contributed by atoms with Crippen LogP contribution in [-0.4, -0.2) is 4.98 Å². The molecule has 0 unspecified atom stereocenters. The lowest BCUT2D eigenvalue weighted by Crippen LogP contribution is -1.97. The van der Waals surface area contributed by atoms with Gasteiger partial charge in [0.15, 0.2) is 0 Å². The Morgan fingerprint density at radius 1 is 1.17 bits per heavy atom. The maximum atomic E-state index is 5.99. The third-order valence-electron chi connectivity index (χ3n) is 3.30. The molecule has 0 bridgehead atoms. The molecule has 0 amide bonds. The van der Waals surface area contributed by atoms with Gasteiger partial charge in [-0.05, 0) is 48.6 Å². The molecular formula is C15H14ClNO. The minimum absolute atomic E-state index is 0.464. The molecule has 0 spiro atoms. The van der Waals surface area contributed by atoms with Gasteiger partial charge in [-0.2, -0.15) is 0 Å². The van der Waals surface area contributed by atoms with E-state index in [-0.39, 0.29) is 0 Å². The maximum Gasteiger partial charge on any atom is 0.135 e. The minimum atomic E-state index is 0.464. The second kappa shape index (κ2) is 4.99. The van der Waals surface area contributed by atoms with E-state index < -0.39 is 0 Å². The summed E-state index contributed by atoms with van der Waals surface area (Å²) in [5.41, 5.74) is 3.80. The summed E-state index contributed by atoms with van der Waals surface area (Å²) in [6.45, 7) is 0.464. The number of fused-ring (bicyclic) bond motifs is 1. The van der Waals surface area contributed by atoms with Gasteiger partial charge in [0, 0.05) is 11.8 Å². The van der Waals surface area contributed by atoms with Gasteiger partial charge in [0.05, 0.1) is 0 Å². The Morgan fingerprint density at radius 2 is 2.06 bits per heavy atom. The summed E-state index contributed by atoms with van der Waals surface area (Å²) in [6.07, 6.45) is 5.30. The summed E-state index contributed by atoms with van der Waals surface area (Å²) in [5, 5.41) is 0.513. The number of ether oxygens (including phenoxy) is 1. The molecule has 2 aromatic rings. The summed E-state index contributed by atoms with van der Waals surface area (Å²) >= 11 is 5.99. The van der Waals surface area contributed by atoms with Crippen LogP contribution in [0.4, 0.5) is 0 Å². The van der Waals surface area contributed by atoms with Crippen LogP contribution < -0.4 is 4.74 Å². The van der Waals surface area contributed by atoms with Crippen LogP contribution in [0.1, 0.15) is 23.1 Å². The molecule has 1 aromatic carbocycles. The van der Waals surface area contributed by atoms with Crippen LogP contribution >= 0.6 is 11.6 Å². The molecule has 0 radical (unpaired) electrons. The zero-order chi connectivity index (χ0) is 12.4. The normalized spacial score (nSPS) is 13.4. The van der Waals surface area contributed by atoms with Gasteiger partial charge in [-0.25, -0.2) is 4.98 Å². The number of benzene rings is 1. The van der Waals surface area contributed by atoms with Crippen molar-refractivity contribution in [3.63, 3.8) is 0 Å². The first-order valence-corrected chi connectivity index (χ1v) is 6.55. The lowest BCUT2D eigenvalue weighted by atomic mass is 10.1. The Labute approximate surface area is 112 Å². The standard InChI is InChI=1S/C15H14ClNO/c16-15-13(5-2-8-17-15)10-18-14-7-6-11-3-1-4-12(11)9-14/h2,5-9H,1,3-4,10H2. The number of rotatable bonds is 3. The lowest BCUT2D eigenvalue weighted by molar-refractivity contribution is 0.305. The van der Waals surface area contributed by atoms with Crippen LogP contribution in [0.5, 0.6) is 5.75 Å². The quantitative estimate of drug-likeness (QED) is 0.782. The number of pyridine rings is 1.